The van der Waals surface area contributed by atoms with Crippen molar-refractivity contribution in [2.75, 3.05) is 12.4 Å². The van der Waals surface area contributed by atoms with Gasteiger partial charge in [-0.3, -0.25) is 0 Å². The second-order valence-electron chi connectivity index (χ2n) is 4.42. The molecule has 5 nitrogen and oxygen atoms in total. The second kappa shape index (κ2) is 5.12. The molecule has 1 aliphatic rings. The molecule has 1 N–H and O–H groups in total. The number of nitrogens with zero attached hydrogens (tertiary/aromatic N) is 2. The largest absolute Gasteiger partial charge is 0.463 e. The van der Waals surface area contributed by atoms with Gasteiger partial charge in [-0.2, -0.15) is 0 Å². The summed E-state index contributed by atoms with van der Waals surface area (Å²) in [5.41, 5.74) is 0. The zero-order valence-electron chi connectivity index (χ0n) is 10.1. The molecule has 17 heavy (non-hydrogen) atoms. The minimum absolute atomic E-state index is 0.100. The van der Waals surface area contributed by atoms with E-state index in [4.69, 9.17) is 0 Å². The van der Waals surface area contributed by atoms with Gasteiger partial charge in [0, 0.05) is 12.2 Å². The van der Waals surface area contributed by atoms with Gasteiger partial charge in [-0.1, -0.05) is 13.3 Å². The molecule has 1 aromatic heterocycles. The average molecular weight is 235 g/mol. The fourth-order valence-corrected chi connectivity index (χ4v) is 2.18. The summed E-state index contributed by atoms with van der Waals surface area (Å²) in [6, 6.07) is 2.22. The van der Waals surface area contributed by atoms with Crippen molar-refractivity contribution in [3.63, 3.8) is 0 Å². The Morgan fingerprint density at radius 1 is 1.53 bits per heavy atom. The highest BCUT2D eigenvalue weighted by Gasteiger charge is 2.23. The summed E-state index contributed by atoms with van der Waals surface area (Å²) >= 11 is 0. The molecule has 1 saturated carbocycles. The molecule has 2 unspecified atom stereocenters. The summed E-state index contributed by atoms with van der Waals surface area (Å²) in [6.45, 7) is 2.23. The van der Waals surface area contributed by atoms with Crippen molar-refractivity contribution in [1.82, 2.24) is 9.97 Å². The lowest BCUT2D eigenvalue weighted by Gasteiger charge is -2.17. The van der Waals surface area contributed by atoms with Gasteiger partial charge >= 0.3 is 5.97 Å². The normalized spacial score (nSPS) is 23.4. The number of aromatic nitrogens is 2. The zero-order chi connectivity index (χ0) is 12.3. The zero-order valence-corrected chi connectivity index (χ0v) is 10.1. The van der Waals surface area contributed by atoms with E-state index < -0.39 is 5.97 Å². The summed E-state index contributed by atoms with van der Waals surface area (Å²) in [6.07, 6.45) is 5.21. The van der Waals surface area contributed by atoms with Gasteiger partial charge in [0.1, 0.15) is 5.82 Å². The first kappa shape index (κ1) is 11.8. The van der Waals surface area contributed by atoms with E-state index in [1.165, 1.54) is 20.0 Å². The van der Waals surface area contributed by atoms with Crippen molar-refractivity contribution in [2.24, 2.45) is 5.92 Å². The van der Waals surface area contributed by atoms with Gasteiger partial charge in [0.05, 0.1) is 7.11 Å². The maximum Gasteiger partial charge on any atom is 0.376 e. The Labute approximate surface area is 101 Å². The summed E-state index contributed by atoms with van der Waals surface area (Å²) < 4.78 is 4.59. The van der Waals surface area contributed by atoms with Gasteiger partial charge in [-0.25, -0.2) is 14.8 Å². The third-order valence-electron chi connectivity index (χ3n) is 3.22. The molecule has 5 heteroatoms. The number of esters is 1. The van der Waals surface area contributed by atoms with E-state index in [-0.39, 0.29) is 5.82 Å². The maximum absolute atomic E-state index is 11.3. The van der Waals surface area contributed by atoms with Crippen LogP contribution in [0.25, 0.3) is 0 Å². The van der Waals surface area contributed by atoms with Crippen LogP contribution in [0.1, 0.15) is 36.8 Å². The van der Waals surface area contributed by atoms with Gasteiger partial charge in [-0.15, -0.1) is 0 Å². The molecule has 1 aromatic rings. The van der Waals surface area contributed by atoms with Crippen LogP contribution >= 0.6 is 0 Å². The first-order valence-electron chi connectivity index (χ1n) is 5.88. The predicted molar refractivity (Wildman–Crippen MR) is 63.8 cm³/mol. The van der Waals surface area contributed by atoms with E-state index >= 15 is 0 Å². The Balaban J connectivity index is 2.08. The first-order valence-corrected chi connectivity index (χ1v) is 5.88. The molecule has 1 aliphatic carbocycles. The van der Waals surface area contributed by atoms with Crippen molar-refractivity contribution in [2.45, 2.75) is 32.2 Å². The van der Waals surface area contributed by atoms with Crippen molar-refractivity contribution in [3.05, 3.63) is 18.1 Å². The molecule has 92 valence electrons. The topological polar surface area (TPSA) is 64.1 Å². The minimum atomic E-state index is -0.506. The number of carbonyl (C=O) groups is 1. The Hall–Kier alpha value is -1.65. The number of hydrogen-bond acceptors (Lipinski definition) is 5. The SMILES string of the molecule is COC(=O)c1nccc(NC2CCCC2C)n1. The summed E-state index contributed by atoms with van der Waals surface area (Å²) in [7, 11) is 1.32. The Bertz CT molecular complexity index is 408. The van der Waals surface area contributed by atoms with Crippen LogP contribution in [0.5, 0.6) is 0 Å². The van der Waals surface area contributed by atoms with E-state index in [1.54, 1.807) is 12.3 Å². The average Bonchev–Trinajstić information content (AvgIpc) is 2.74. The molecule has 2 rings (SSSR count). The van der Waals surface area contributed by atoms with E-state index in [1.807, 2.05) is 0 Å². The van der Waals surface area contributed by atoms with Crippen LogP contribution < -0.4 is 5.32 Å². The Morgan fingerprint density at radius 2 is 2.35 bits per heavy atom. The highest BCUT2D eigenvalue weighted by atomic mass is 16.5. The standard InChI is InChI=1S/C12H17N3O2/c1-8-4-3-5-9(8)14-10-6-7-13-11(15-10)12(16)17-2/h6-9H,3-5H2,1-2H3,(H,13,14,15). The third kappa shape index (κ3) is 2.72. The van der Waals surface area contributed by atoms with Crippen LogP contribution in [0.4, 0.5) is 5.82 Å². The van der Waals surface area contributed by atoms with E-state index in [0.29, 0.717) is 17.8 Å². The van der Waals surface area contributed by atoms with Crippen molar-refractivity contribution >= 4 is 11.8 Å². The van der Waals surface area contributed by atoms with Crippen molar-refractivity contribution < 1.29 is 9.53 Å². The van der Waals surface area contributed by atoms with Crippen LogP contribution in [-0.4, -0.2) is 29.1 Å². The van der Waals surface area contributed by atoms with Crippen LogP contribution in [0.3, 0.4) is 0 Å². The molecule has 0 radical (unpaired) electrons. The molecule has 0 aliphatic heterocycles. The van der Waals surface area contributed by atoms with Crippen LogP contribution in [0, 0.1) is 5.92 Å². The predicted octanol–water partition coefficient (Wildman–Crippen LogP) is 1.86. The molecule has 2 atom stereocenters. The van der Waals surface area contributed by atoms with Gasteiger partial charge in [-0.05, 0) is 24.8 Å². The monoisotopic (exact) mass is 235 g/mol. The fraction of sp³-hybridized carbons (Fsp3) is 0.583. The van der Waals surface area contributed by atoms with Crippen LogP contribution in [0.15, 0.2) is 12.3 Å². The lowest BCUT2D eigenvalue weighted by Crippen LogP contribution is -2.23. The van der Waals surface area contributed by atoms with E-state index in [9.17, 15) is 4.79 Å². The molecule has 0 saturated heterocycles. The van der Waals surface area contributed by atoms with Crippen molar-refractivity contribution in [1.29, 1.82) is 0 Å². The highest BCUT2D eigenvalue weighted by molar-refractivity contribution is 5.85. The lowest BCUT2D eigenvalue weighted by atomic mass is 10.1. The van der Waals surface area contributed by atoms with E-state index in [0.717, 1.165) is 6.42 Å². The van der Waals surface area contributed by atoms with Crippen LogP contribution in [0.2, 0.25) is 0 Å². The Morgan fingerprint density at radius 3 is 3.00 bits per heavy atom. The lowest BCUT2D eigenvalue weighted by molar-refractivity contribution is 0.0587. The number of nitrogens with one attached hydrogen (secondary N) is 1. The molecular formula is C12H17N3O2. The van der Waals surface area contributed by atoms with E-state index in [2.05, 4.69) is 26.9 Å². The molecule has 1 fully saturated rings. The third-order valence-corrected chi connectivity index (χ3v) is 3.22. The Kier molecular flexibility index (Phi) is 3.56. The van der Waals surface area contributed by atoms with Crippen molar-refractivity contribution in [3.8, 4) is 0 Å². The second-order valence-corrected chi connectivity index (χ2v) is 4.42. The summed E-state index contributed by atoms with van der Waals surface area (Å²) in [5.74, 6) is 0.932. The minimum Gasteiger partial charge on any atom is -0.463 e. The molecule has 0 amide bonds. The van der Waals surface area contributed by atoms with Gasteiger partial charge in [0.25, 0.3) is 0 Å². The van der Waals surface area contributed by atoms with Crippen LogP contribution in [-0.2, 0) is 4.74 Å². The summed E-state index contributed by atoms with van der Waals surface area (Å²) in [5, 5.41) is 3.35. The molecule has 0 aromatic carbocycles. The number of anilines is 1. The highest BCUT2D eigenvalue weighted by Crippen LogP contribution is 2.27. The number of carbonyl (C=O) groups excluding carboxylic acids is 1. The van der Waals surface area contributed by atoms with Gasteiger partial charge in [0.15, 0.2) is 0 Å². The number of methoxy groups -OCH3 is 1. The number of ether oxygens (including phenoxy) is 1. The smallest absolute Gasteiger partial charge is 0.376 e. The maximum atomic E-state index is 11.3. The summed E-state index contributed by atoms with van der Waals surface area (Å²) in [4.78, 5) is 19.3. The number of rotatable bonds is 3. The van der Waals surface area contributed by atoms with Gasteiger partial charge in [0.2, 0.25) is 5.82 Å². The quantitative estimate of drug-likeness (QED) is 0.810. The molecule has 0 spiro atoms. The first-order chi connectivity index (χ1) is 8.20. The molecule has 0 bridgehead atoms. The molecule has 1 heterocycles. The van der Waals surface area contributed by atoms with Gasteiger partial charge < -0.3 is 10.1 Å². The number of hydrogen-bond donors (Lipinski definition) is 1. The fourth-order valence-electron chi connectivity index (χ4n) is 2.18. The molecular weight excluding hydrogens is 218 g/mol.